The minimum atomic E-state index is -0.222. The molecule has 3 heteroatoms. The van der Waals surface area contributed by atoms with Gasteiger partial charge in [-0.2, -0.15) is 0 Å². The van der Waals surface area contributed by atoms with Gasteiger partial charge in [0.15, 0.2) is 0 Å². The summed E-state index contributed by atoms with van der Waals surface area (Å²) in [6.07, 6.45) is 3.86. The Morgan fingerprint density at radius 2 is 1.70 bits per heavy atom. The zero-order valence-electron chi connectivity index (χ0n) is 14.7. The second kappa shape index (κ2) is 6.76. The molecule has 0 amide bonds. The van der Waals surface area contributed by atoms with Crippen molar-refractivity contribution in [1.82, 2.24) is 4.90 Å². The van der Waals surface area contributed by atoms with Crippen LogP contribution < -0.4 is 5.73 Å². The first-order valence-corrected chi connectivity index (χ1v) is 8.31. The van der Waals surface area contributed by atoms with Gasteiger partial charge in [0, 0.05) is 24.5 Å². The number of hydrogen-bond donors (Lipinski definition) is 1. The molecule has 0 aromatic carbocycles. The van der Waals surface area contributed by atoms with E-state index in [-0.39, 0.29) is 17.2 Å². The van der Waals surface area contributed by atoms with E-state index < -0.39 is 0 Å². The van der Waals surface area contributed by atoms with E-state index >= 15 is 0 Å². The number of unbranched alkanes of at least 4 members (excludes halogenated alkanes) is 2. The molecule has 1 rings (SSSR count). The molecule has 1 aliphatic heterocycles. The second-order valence-electron chi connectivity index (χ2n) is 7.74. The molecule has 2 N–H and O–H groups in total. The molecule has 1 heterocycles. The van der Waals surface area contributed by atoms with E-state index in [9.17, 15) is 0 Å². The van der Waals surface area contributed by atoms with Crippen LogP contribution in [0.4, 0.5) is 0 Å². The summed E-state index contributed by atoms with van der Waals surface area (Å²) in [7, 11) is 0. The van der Waals surface area contributed by atoms with Gasteiger partial charge in [-0.15, -0.1) is 0 Å². The molecule has 0 aliphatic carbocycles. The SMILES string of the molecule is CCCCCN(CC1C(N)C(C)(C)OC1(C)C)C(C)C. The van der Waals surface area contributed by atoms with Crippen LogP contribution in [0.2, 0.25) is 0 Å². The average molecular weight is 284 g/mol. The van der Waals surface area contributed by atoms with Gasteiger partial charge >= 0.3 is 0 Å². The zero-order valence-corrected chi connectivity index (χ0v) is 14.7. The smallest absolute Gasteiger partial charge is 0.0788 e. The van der Waals surface area contributed by atoms with E-state index in [1.54, 1.807) is 0 Å². The third-order valence-electron chi connectivity index (χ3n) is 4.87. The molecule has 20 heavy (non-hydrogen) atoms. The Hall–Kier alpha value is -0.120. The third-order valence-corrected chi connectivity index (χ3v) is 4.87. The van der Waals surface area contributed by atoms with Gasteiger partial charge in [0.25, 0.3) is 0 Å². The van der Waals surface area contributed by atoms with E-state index in [2.05, 4.69) is 53.4 Å². The summed E-state index contributed by atoms with van der Waals surface area (Å²) in [5, 5.41) is 0. The lowest BCUT2D eigenvalue weighted by Crippen LogP contribution is -2.49. The summed E-state index contributed by atoms with van der Waals surface area (Å²) in [5.41, 5.74) is 6.12. The van der Waals surface area contributed by atoms with Crippen molar-refractivity contribution in [3.63, 3.8) is 0 Å². The summed E-state index contributed by atoms with van der Waals surface area (Å²) in [6, 6.07) is 0.670. The summed E-state index contributed by atoms with van der Waals surface area (Å²) >= 11 is 0. The first kappa shape index (κ1) is 17.9. The number of ether oxygens (including phenoxy) is 1. The normalized spacial score (nSPS) is 28.5. The van der Waals surface area contributed by atoms with Gasteiger partial charge in [-0.1, -0.05) is 19.8 Å². The van der Waals surface area contributed by atoms with E-state index in [1.807, 2.05) is 0 Å². The Morgan fingerprint density at radius 3 is 2.10 bits per heavy atom. The van der Waals surface area contributed by atoms with Crippen LogP contribution >= 0.6 is 0 Å². The highest BCUT2D eigenvalue weighted by molar-refractivity contribution is 5.04. The summed E-state index contributed by atoms with van der Waals surface area (Å²) < 4.78 is 6.22. The monoisotopic (exact) mass is 284 g/mol. The maximum atomic E-state index is 6.48. The first-order chi connectivity index (χ1) is 9.12. The van der Waals surface area contributed by atoms with Gasteiger partial charge in [-0.3, -0.25) is 0 Å². The quantitative estimate of drug-likeness (QED) is 0.728. The van der Waals surface area contributed by atoms with Crippen LogP contribution in [0.5, 0.6) is 0 Å². The van der Waals surface area contributed by atoms with Crippen molar-refractivity contribution < 1.29 is 4.74 Å². The largest absolute Gasteiger partial charge is 0.368 e. The number of nitrogens with two attached hydrogens (primary N) is 1. The van der Waals surface area contributed by atoms with Gasteiger partial charge in [0.1, 0.15) is 0 Å². The van der Waals surface area contributed by atoms with Crippen LogP contribution in [0.1, 0.15) is 67.7 Å². The highest BCUT2D eigenvalue weighted by Gasteiger charge is 2.52. The summed E-state index contributed by atoms with van der Waals surface area (Å²) in [4.78, 5) is 2.58. The van der Waals surface area contributed by atoms with E-state index in [4.69, 9.17) is 10.5 Å². The summed E-state index contributed by atoms with van der Waals surface area (Å²) in [5.74, 6) is 0.390. The molecule has 3 nitrogen and oxygen atoms in total. The highest BCUT2D eigenvalue weighted by atomic mass is 16.5. The van der Waals surface area contributed by atoms with Crippen molar-refractivity contribution in [2.45, 2.75) is 91.0 Å². The van der Waals surface area contributed by atoms with Crippen LogP contribution in [-0.4, -0.2) is 41.3 Å². The Bertz CT molecular complexity index is 299. The Balaban J connectivity index is 2.72. The molecule has 1 saturated heterocycles. The lowest BCUT2D eigenvalue weighted by atomic mass is 9.82. The third kappa shape index (κ3) is 4.19. The fraction of sp³-hybridized carbons (Fsp3) is 1.00. The van der Waals surface area contributed by atoms with Crippen LogP contribution in [-0.2, 0) is 4.74 Å². The minimum Gasteiger partial charge on any atom is -0.368 e. The van der Waals surface area contributed by atoms with Crippen molar-refractivity contribution in [2.75, 3.05) is 13.1 Å². The maximum Gasteiger partial charge on any atom is 0.0788 e. The Morgan fingerprint density at radius 1 is 1.10 bits per heavy atom. The molecule has 120 valence electrons. The van der Waals surface area contributed by atoms with E-state index in [0.717, 1.165) is 6.54 Å². The van der Waals surface area contributed by atoms with Crippen molar-refractivity contribution in [1.29, 1.82) is 0 Å². The molecule has 0 bridgehead atoms. The molecule has 0 saturated carbocycles. The minimum absolute atomic E-state index is 0.102. The number of hydrogen-bond acceptors (Lipinski definition) is 3. The molecule has 1 aliphatic rings. The summed E-state index contributed by atoms with van der Waals surface area (Å²) in [6.45, 7) is 17.7. The van der Waals surface area contributed by atoms with Gasteiger partial charge < -0.3 is 15.4 Å². The molecule has 1 fully saturated rings. The van der Waals surface area contributed by atoms with Crippen molar-refractivity contribution in [3.8, 4) is 0 Å². The predicted molar refractivity (Wildman–Crippen MR) is 86.9 cm³/mol. The fourth-order valence-electron chi connectivity index (χ4n) is 3.45. The van der Waals surface area contributed by atoms with Crippen molar-refractivity contribution in [2.24, 2.45) is 11.7 Å². The van der Waals surface area contributed by atoms with Crippen LogP contribution in [0.15, 0.2) is 0 Å². The van der Waals surface area contributed by atoms with Gasteiger partial charge in [-0.25, -0.2) is 0 Å². The highest BCUT2D eigenvalue weighted by Crippen LogP contribution is 2.41. The van der Waals surface area contributed by atoms with Gasteiger partial charge in [0.2, 0.25) is 0 Å². The fourth-order valence-corrected chi connectivity index (χ4v) is 3.45. The Labute approximate surface area is 126 Å². The molecule has 0 spiro atoms. The molecule has 0 aromatic heterocycles. The van der Waals surface area contributed by atoms with Crippen LogP contribution in [0.3, 0.4) is 0 Å². The topological polar surface area (TPSA) is 38.5 Å². The number of rotatable bonds is 7. The molecule has 0 radical (unpaired) electrons. The van der Waals surface area contributed by atoms with Crippen molar-refractivity contribution in [3.05, 3.63) is 0 Å². The number of nitrogens with zero attached hydrogens (tertiary/aromatic N) is 1. The van der Waals surface area contributed by atoms with Crippen LogP contribution in [0, 0.1) is 5.92 Å². The van der Waals surface area contributed by atoms with Gasteiger partial charge in [-0.05, 0) is 54.5 Å². The maximum absolute atomic E-state index is 6.48. The lowest BCUT2D eigenvalue weighted by Gasteiger charge is -2.35. The molecular weight excluding hydrogens is 248 g/mol. The molecule has 2 atom stereocenters. The Kier molecular flexibility index (Phi) is 6.06. The lowest BCUT2D eigenvalue weighted by molar-refractivity contribution is -0.0790. The molecule has 2 unspecified atom stereocenters. The predicted octanol–water partition coefficient (Wildman–Crippen LogP) is 3.42. The van der Waals surface area contributed by atoms with Crippen molar-refractivity contribution >= 4 is 0 Å². The average Bonchev–Trinajstić information content (AvgIpc) is 2.45. The van der Waals surface area contributed by atoms with Crippen LogP contribution in [0.25, 0.3) is 0 Å². The molecule has 0 aromatic rings. The molecular formula is C17H36N2O. The van der Waals surface area contributed by atoms with E-state index in [1.165, 1.54) is 25.8 Å². The second-order valence-corrected chi connectivity index (χ2v) is 7.74. The van der Waals surface area contributed by atoms with Gasteiger partial charge in [0.05, 0.1) is 11.2 Å². The standard InChI is InChI=1S/C17H36N2O/c1-8-9-10-11-19(13(2)3)12-14-15(18)17(6,7)20-16(14,4)5/h13-15H,8-12,18H2,1-7H3. The zero-order chi connectivity index (χ0) is 15.6. The first-order valence-electron chi connectivity index (χ1n) is 8.31. The van der Waals surface area contributed by atoms with E-state index in [0.29, 0.717) is 12.0 Å².